The van der Waals surface area contributed by atoms with Gasteiger partial charge in [0.25, 0.3) is 5.91 Å². The van der Waals surface area contributed by atoms with E-state index in [2.05, 4.69) is 16.8 Å². The lowest BCUT2D eigenvalue weighted by Gasteiger charge is -2.37. The molecule has 0 bridgehead atoms. The van der Waals surface area contributed by atoms with E-state index in [0.29, 0.717) is 12.1 Å². The van der Waals surface area contributed by atoms with Crippen molar-refractivity contribution in [3.63, 3.8) is 0 Å². The fourth-order valence-electron chi connectivity index (χ4n) is 3.18. The van der Waals surface area contributed by atoms with Gasteiger partial charge in [0.15, 0.2) is 0 Å². The van der Waals surface area contributed by atoms with Crippen molar-refractivity contribution < 1.29 is 29.3 Å². The van der Waals surface area contributed by atoms with Crippen LogP contribution in [0.1, 0.15) is 36.7 Å². The Hall–Kier alpha value is -2.67. The number of likely N-dealkylation sites (N-methyl/N-ethyl adjacent to an activating group) is 1. The molecule has 0 unspecified atom stereocenters. The smallest absolute Gasteiger partial charge is 0.259 e. The van der Waals surface area contributed by atoms with E-state index in [1.54, 1.807) is 31.9 Å². The summed E-state index contributed by atoms with van der Waals surface area (Å²) in [5.74, 6) is 4.91. The molecule has 1 aromatic heterocycles. The number of aliphatic hydroxyl groups excluding tert-OH is 2. The van der Waals surface area contributed by atoms with Gasteiger partial charge in [0.05, 0.1) is 19.2 Å². The van der Waals surface area contributed by atoms with Crippen LogP contribution in [0.3, 0.4) is 0 Å². The van der Waals surface area contributed by atoms with Crippen molar-refractivity contribution in [2.75, 3.05) is 40.5 Å². The Labute approximate surface area is 183 Å². The third-order valence-corrected chi connectivity index (χ3v) is 5.09. The summed E-state index contributed by atoms with van der Waals surface area (Å²) >= 11 is 0. The van der Waals surface area contributed by atoms with Crippen LogP contribution >= 0.6 is 0 Å². The Bertz CT molecular complexity index is 847. The van der Waals surface area contributed by atoms with Crippen molar-refractivity contribution in [1.82, 2.24) is 14.8 Å². The Balaban J connectivity index is 2.44. The summed E-state index contributed by atoms with van der Waals surface area (Å²) in [7, 11) is 3.12. The minimum Gasteiger partial charge on any atom is -0.472 e. The van der Waals surface area contributed by atoms with Crippen molar-refractivity contribution in [2.45, 2.75) is 39.0 Å². The molecular weight excluding hydrogens is 402 g/mol. The molecule has 0 saturated heterocycles. The molecule has 1 aliphatic rings. The second-order valence-electron chi connectivity index (χ2n) is 7.85. The number of hydrogen-bond acceptors (Lipinski definition) is 7. The molecule has 1 aliphatic heterocycles. The fourth-order valence-corrected chi connectivity index (χ4v) is 3.18. The third kappa shape index (κ3) is 6.40. The normalized spacial score (nSPS) is 20.4. The molecule has 0 spiro atoms. The maximum atomic E-state index is 13.3. The molecule has 2 N–H and O–H groups in total. The number of carbonyl (C=O) groups excluding carboxylic acids is 2. The highest BCUT2D eigenvalue weighted by atomic mass is 16.5. The molecule has 0 radical (unpaired) electrons. The maximum Gasteiger partial charge on any atom is 0.259 e. The van der Waals surface area contributed by atoms with E-state index in [1.165, 1.54) is 18.2 Å². The monoisotopic (exact) mass is 433 g/mol. The Morgan fingerprint density at radius 3 is 2.81 bits per heavy atom. The molecule has 2 heterocycles. The second kappa shape index (κ2) is 11.1. The second-order valence-corrected chi connectivity index (χ2v) is 7.85. The van der Waals surface area contributed by atoms with Crippen molar-refractivity contribution in [1.29, 1.82) is 0 Å². The van der Waals surface area contributed by atoms with Gasteiger partial charge in [-0.25, -0.2) is 4.98 Å². The van der Waals surface area contributed by atoms with Crippen LogP contribution in [0, 0.1) is 17.8 Å². The Morgan fingerprint density at radius 2 is 2.19 bits per heavy atom. The van der Waals surface area contributed by atoms with Crippen molar-refractivity contribution in [3.05, 3.63) is 23.4 Å². The largest absolute Gasteiger partial charge is 0.472 e. The molecule has 31 heavy (non-hydrogen) atoms. The van der Waals surface area contributed by atoms with Gasteiger partial charge in [-0.2, -0.15) is 0 Å². The summed E-state index contributed by atoms with van der Waals surface area (Å²) in [6.07, 6.45) is 0.225. The van der Waals surface area contributed by atoms with Gasteiger partial charge in [0, 0.05) is 38.4 Å². The molecule has 2 amide bonds. The SMILES string of the molecule is COCC(=O)N(C)C[C@@H]1Oc2ncc(C#C[C@H](C)O)cc2C(=O)N([C@@H](C)CO)C[C@@H]1C. The molecule has 170 valence electrons. The molecule has 0 aromatic carbocycles. The van der Waals surface area contributed by atoms with Crippen LogP contribution in [0.2, 0.25) is 0 Å². The first-order valence-corrected chi connectivity index (χ1v) is 10.2. The molecule has 9 nitrogen and oxygen atoms in total. The molecule has 1 aromatic rings. The van der Waals surface area contributed by atoms with E-state index >= 15 is 0 Å². The van der Waals surface area contributed by atoms with E-state index in [1.807, 2.05) is 6.92 Å². The third-order valence-electron chi connectivity index (χ3n) is 5.09. The average Bonchev–Trinajstić information content (AvgIpc) is 2.74. The zero-order chi connectivity index (χ0) is 23.1. The zero-order valence-corrected chi connectivity index (χ0v) is 18.7. The van der Waals surface area contributed by atoms with Crippen LogP contribution in [0.5, 0.6) is 5.88 Å². The Kier molecular flexibility index (Phi) is 8.80. The number of rotatable bonds is 6. The lowest BCUT2D eigenvalue weighted by Crippen LogP contribution is -2.50. The maximum absolute atomic E-state index is 13.3. The van der Waals surface area contributed by atoms with E-state index in [0.717, 1.165) is 0 Å². The number of carbonyl (C=O) groups is 2. The number of hydrogen-bond donors (Lipinski definition) is 2. The summed E-state index contributed by atoms with van der Waals surface area (Å²) in [4.78, 5) is 32.8. The molecular formula is C22H31N3O6. The number of pyridine rings is 1. The van der Waals surface area contributed by atoms with Gasteiger partial charge in [0.1, 0.15) is 24.4 Å². The van der Waals surface area contributed by atoms with Crippen LogP contribution in [0.15, 0.2) is 12.3 Å². The minimum atomic E-state index is -0.815. The first kappa shape index (κ1) is 24.6. The van der Waals surface area contributed by atoms with Gasteiger partial charge in [-0.05, 0) is 19.9 Å². The van der Waals surface area contributed by atoms with Crippen molar-refractivity contribution >= 4 is 11.8 Å². The predicted molar refractivity (Wildman–Crippen MR) is 113 cm³/mol. The summed E-state index contributed by atoms with van der Waals surface area (Å²) in [5.41, 5.74) is 0.686. The number of ether oxygens (including phenoxy) is 2. The lowest BCUT2D eigenvalue weighted by atomic mass is 10.00. The summed E-state index contributed by atoms with van der Waals surface area (Å²) in [6, 6.07) is 1.16. The molecule has 0 saturated carbocycles. The number of methoxy groups -OCH3 is 1. The van der Waals surface area contributed by atoms with Gasteiger partial charge < -0.3 is 29.5 Å². The molecule has 9 heteroatoms. The summed E-state index contributed by atoms with van der Waals surface area (Å²) in [5, 5.41) is 19.1. The van der Waals surface area contributed by atoms with Gasteiger partial charge >= 0.3 is 0 Å². The van der Waals surface area contributed by atoms with E-state index in [-0.39, 0.29) is 48.9 Å². The van der Waals surface area contributed by atoms with Crippen LogP contribution in [-0.4, -0.2) is 95.5 Å². The zero-order valence-electron chi connectivity index (χ0n) is 18.7. The van der Waals surface area contributed by atoms with Gasteiger partial charge in [-0.1, -0.05) is 18.8 Å². The van der Waals surface area contributed by atoms with Crippen LogP contribution < -0.4 is 4.74 Å². The highest BCUT2D eigenvalue weighted by Gasteiger charge is 2.34. The fraction of sp³-hybridized carbons (Fsp3) is 0.591. The highest BCUT2D eigenvalue weighted by molar-refractivity contribution is 5.97. The van der Waals surface area contributed by atoms with Gasteiger partial charge in [-0.15, -0.1) is 0 Å². The first-order valence-electron chi connectivity index (χ1n) is 10.2. The number of fused-ring (bicyclic) bond motifs is 1. The number of amides is 2. The van der Waals surface area contributed by atoms with Crippen molar-refractivity contribution in [2.24, 2.45) is 5.92 Å². The lowest BCUT2D eigenvalue weighted by molar-refractivity contribution is -0.135. The average molecular weight is 434 g/mol. The van der Waals surface area contributed by atoms with Crippen LogP contribution in [-0.2, 0) is 9.53 Å². The number of nitrogens with zero attached hydrogens (tertiary/aromatic N) is 3. The van der Waals surface area contributed by atoms with E-state index < -0.39 is 18.2 Å². The molecule has 4 atom stereocenters. The number of aromatic nitrogens is 1. The Morgan fingerprint density at radius 1 is 1.48 bits per heavy atom. The molecule has 0 aliphatic carbocycles. The summed E-state index contributed by atoms with van der Waals surface area (Å²) < 4.78 is 11.0. The quantitative estimate of drug-likeness (QED) is 0.614. The number of aliphatic hydroxyl groups is 2. The van der Waals surface area contributed by atoms with Crippen LogP contribution in [0.25, 0.3) is 0 Å². The summed E-state index contributed by atoms with van der Waals surface area (Å²) in [6.45, 7) is 5.62. The standard InChI is InChI=1S/C22H31N3O6/c1-14-10-25(15(2)12-26)22(29)18-8-17(7-6-16(3)27)9-23-21(18)31-19(14)11-24(4)20(28)13-30-5/h8-9,14-16,19,26-27H,10-13H2,1-5H3/t14-,15-,16-,19-/m0/s1. The minimum absolute atomic E-state index is 0.0378. The molecule has 2 rings (SSSR count). The van der Waals surface area contributed by atoms with E-state index in [4.69, 9.17) is 9.47 Å². The van der Waals surface area contributed by atoms with Gasteiger partial charge in [-0.3, -0.25) is 9.59 Å². The topological polar surface area (TPSA) is 112 Å². The predicted octanol–water partition coefficient (Wildman–Crippen LogP) is 0.139. The molecule has 0 fully saturated rings. The van der Waals surface area contributed by atoms with Crippen LogP contribution in [0.4, 0.5) is 0 Å². The van der Waals surface area contributed by atoms with E-state index in [9.17, 15) is 19.8 Å². The highest BCUT2D eigenvalue weighted by Crippen LogP contribution is 2.27. The van der Waals surface area contributed by atoms with Crippen molar-refractivity contribution in [3.8, 4) is 17.7 Å². The van der Waals surface area contributed by atoms with Gasteiger partial charge in [0.2, 0.25) is 11.8 Å². The first-order chi connectivity index (χ1) is 14.7.